The van der Waals surface area contributed by atoms with Crippen molar-refractivity contribution in [3.8, 4) is 23.3 Å². The molecule has 3 rings (SSSR count). The van der Waals surface area contributed by atoms with Crippen molar-refractivity contribution in [2.75, 3.05) is 26.5 Å². The molecule has 0 saturated carbocycles. The fourth-order valence-electron chi connectivity index (χ4n) is 2.32. The van der Waals surface area contributed by atoms with Crippen molar-refractivity contribution >= 4 is 5.91 Å². The van der Waals surface area contributed by atoms with E-state index < -0.39 is 0 Å². The van der Waals surface area contributed by atoms with E-state index in [0.717, 1.165) is 0 Å². The zero-order valence-electron chi connectivity index (χ0n) is 10.9. The third-order valence-electron chi connectivity index (χ3n) is 3.37. The summed E-state index contributed by atoms with van der Waals surface area (Å²) >= 11 is 0. The summed E-state index contributed by atoms with van der Waals surface area (Å²) in [5, 5.41) is 8.81. The first-order chi connectivity index (χ1) is 9.76. The number of likely N-dealkylation sites (tertiary alicyclic amines) is 1. The number of carbonyl (C=O) groups is 1. The van der Waals surface area contributed by atoms with Gasteiger partial charge in [0.2, 0.25) is 12.7 Å². The molecule has 0 bridgehead atoms. The van der Waals surface area contributed by atoms with Crippen molar-refractivity contribution in [1.29, 1.82) is 5.26 Å². The van der Waals surface area contributed by atoms with Crippen molar-refractivity contribution in [3.63, 3.8) is 0 Å². The van der Waals surface area contributed by atoms with Crippen molar-refractivity contribution < 1.29 is 19.0 Å². The molecular formula is C14H14N2O4. The second-order valence-corrected chi connectivity index (χ2v) is 4.73. The van der Waals surface area contributed by atoms with E-state index in [0.29, 0.717) is 43.4 Å². The molecule has 2 aliphatic rings. The standard InChI is InChI=1S/C14H14N2O4/c15-7-10-5-14(17)16(8-10)3-4-18-11-1-2-12-13(6-11)20-9-19-12/h1-2,6,10H,3-5,8-9H2. The predicted octanol–water partition coefficient (Wildman–Crippen LogP) is 1.17. The molecule has 6 nitrogen and oxygen atoms in total. The lowest BCUT2D eigenvalue weighted by Gasteiger charge is -2.16. The summed E-state index contributed by atoms with van der Waals surface area (Å²) in [5.74, 6) is 1.89. The van der Waals surface area contributed by atoms with Crippen LogP contribution in [0.3, 0.4) is 0 Å². The minimum Gasteiger partial charge on any atom is -0.492 e. The van der Waals surface area contributed by atoms with Gasteiger partial charge < -0.3 is 19.1 Å². The molecule has 2 heterocycles. The normalized spacial score (nSPS) is 20.1. The predicted molar refractivity (Wildman–Crippen MR) is 68.4 cm³/mol. The molecule has 1 amide bonds. The van der Waals surface area contributed by atoms with Crippen LogP contribution in [0.4, 0.5) is 0 Å². The summed E-state index contributed by atoms with van der Waals surface area (Å²) in [5.41, 5.74) is 0. The summed E-state index contributed by atoms with van der Waals surface area (Å²) < 4.78 is 16.1. The molecule has 0 aliphatic carbocycles. The van der Waals surface area contributed by atoms with Gasteiger partial charge in [-0.25, -0.2) is 0 Å². The number of hydrogen-bond acceptors (Lipinski definition) is 5. The Morgan fingerprint density at radius 2 is 2.25 bits per heavy atom. The van der Waals surface area contributed by atoms with Gasteiger partial charge in [-0.15, -0.1) is 0 Å². The molecule has 1 unspecified atom stereocenters. The van der Waals surface area contributed by atoms with E-state index in [1.165, 1.54) is 0 Å². The Bertz CT molecular complexity index is 567. The second kappa shape index (κ2) is 5.29. The van der Waals surface area contributed by atoms with Gasteiger partial charge in [0.1, 0.15) is 12.4 Å². The minimum absolute atomic E-state index is 0.0193. The molecule has 1 saturated heterocycles. The molecule has 1 atom stereocenters. The van der Waals surface area contributed by atoms with Crippen LogP contribution in [0.5, 0.6) is 17.2 Å². The smallest absolute Gasteiger partial charge is 0.231 e. The molecule has 0 aromatic heterocycles. The molecule has 0 spiro atoms. The highest BCUT2D eigenvalue weighted by atomic mass is 16.7. The Morgan fingerprint density at radius 1 is 1.40 bits per heavy atom. The monoisotopic (exact) mass is 274 g/mol. The zero-order chi connectivity index (χ0) is 13.9. The number of nitrogens with zero attached hydrogens (tertiary/aromatic N) is 2. The molecular weight excluding hydrogens is 260 g/mol. The average Bonchev–Trinajstić information content (AvgIpc) is 3.05. The van der Waals surface area contributed by atoms with Crippen LogP contribution in [0.2, 0.25) is 0 Å². The highest BCUT2D eigenvalue weighted by Crippen LogP contribution is 2.35. The third-order valence-corrected chi connectivity index (χ3v) is 3.37. The maximum atomic E-state index is 11.6. The first kappa shape index (κ1) is 12.6. The Balaban J connectivity index is 1.51. The summed E-state index contributed by atoms with van der Waals surface area (Å²) in [4.78, 5) is 13.3. The van der Waals surface area contributed by atoms with Crippen molar-refractivity contribution in [2.45, 2.75) is 6.42 Å². The first-order valence-electron chi connectivity index (χ1n) is 6.46. The van der Waals surface area contributed by atoms with Gasteiger partial charge in [-0.1, -0.05) is 0 Å². The number of rotatable bonds is 4. The van der Waals surface area contributed by atoms with Crippen LogP contribution in [0.25, 0.3) is 0 Å². The van der Waals surface area contributed by atoms with E-state index in [4.69, 9.17) is 19.5 Å². The molecule has 6 heteroatoms. The highest BCUT2D eigenvalue weighted by Gasteiger charge is 2.29. The summed E-state index contributed by atoms with van der Waals surface area (Å²) in [6, 6.07) is 7.50. The molecule has 104 valence electrons. The van der Waals surface area contributed by atoms with E-state index in [9.17, 15) is 4.79 Å². The SMILES string of the molecule is N#CC1CC(=O)N(CCOc2ccc3c(c2)OCO3)C1. The van der Waals surface area contributed by atoms with Crippen LogP contribution in [0, 0.1) is 17.2 Å². The average molecular weight is 274 g/mol. The fourth-order valence-corrected chi connectivity index (χ4v) is 2.32. The Labute approximate surface area is 116 Å². The van der Waals surface area contributed by atoms with E-state index in [-0.39, 0.29) is 18.6 Å². The van der Waals surface area contributed by atoms with Crippen LogP contribution in [0.15, 0.2) is 18.2 Å². The molecule has 0 N–H and O–H groups in total. The molecule has 1 aromatic carbocycles. The molecule has 0 radical (unpaired) electrons. The lowest BCUT2D eigenvalue weighted by atomic mass is 10.1. The number of benzene rings is 1. The van der Waals surface area contributed by atoms with Gasteiger partial charge in [-0.2, -0.15) is 5.26 Å². The maximum absolute atomic E-state index is 11.6. The van der Waals surface area contributed by atoms with Crippen LogP contribution in [0.1, 0.15) is 6.42 Å². The number of hydrogen-bond donors (Lipinski definition) is 0. The van der Waals surface area contributed by atoms with Crippen LogP contribution in [-0.2, 0) is 4.79 Å². The second-order valence-electron chi connectivity index (χ2n) is 4.73. The molecule has 20 heavy (non-hydrogen) atoms. The van der Waals surface area contributed by atoms with E-state index in [1.54, 1.807) is 23.1 Å². The maximum Gasteiger partial charge on any atom is 0.231 e. The Hall–Kier alpha value is -2.42. The van der Waals surface area contributed by atoms with E-state index >= 15 is 0 Å². The van der Waals surface area contributed by atoms with Crippen molar-refractivity contribution in [3.05, 3.63) is 18.2 Å². The zero-order valence-corrected chi connectivity index (χ0v) is 10.9. The third kappa shape index (κ3) is 2.48. The van der Waals surface area contributed by atoms with Crippen LogP contribution in [-0.4, -0.2) is 37.3 Å². The summed E-state index contributed by atoms with van der Waals surface area (Å²) in [6.45, 7) is 1.62. The number of ether oxygens (including phenoxy) is 3. The fraction of sp³-hybridized carbons (Fsp3) is 0.429. The van der Waals surface area contributed by atoms with E-state index in [2.05, 4.69) is 6.07 Å². The molecule has 1 aromatic rings. The highest BCUT2D eigenvalue weighted by molar-refractivity contribution is 5.79. The lowest BCUT2D eigenvalue weighted by molar-refractivity contribution is -0.128. The summed E-state index contributed by atoms with van der Waals surface area (Å²) in [7, 11) is 0. The Morgan fingerprint density at radius 3 is 3.05 bits per heavy atom. The quantitative estimate of drug-likeness (QED) is 0.824. The van der Waals surface area contributed by atoms with Crippen molar-refractivity contribution in [2.24, 2.45) is 5.92 Å². The van der Waals surface area contributed by atoms with Gasteiger partial charge in [-0.05, 0) is 12.1 Å². The minimum atomic E-state index is -0.187. The Kier molecular flexibility index (Phi) is 3.33. The molecule has 2 aliphatic heterocycles. The number of amides is 1. The van der Waals surface area contributed by atoms with Crippen LogP contribution < -0.4 is 14.2 Å². The van der Waals surface area contributed by atoms with Gasteiger partial charge in [0.25, 0.3) is 0 Å². The number of carbonyl (C=O) groups excluding carboxylic acids is 1. The van der Waals surface area contributed by atoms with Gasteiger partial charge in [0, 0.05) is 19.0 Å². The van der Waals surface area contributed by atoms with Gasteiger partial charge in [-0.3, -0.25) is 4.79 Å². The largest absolute Gasteiger partial charge is 0.492 e. The number of fused-ring (bicyclic) bond motifs is 1. The molecule has 1 fully saturated rings. The van der Waals surface area contributed by atoms with Gasteiger partial charge >= 0.3 is 0 Å². The van der Waals surface area contributed by atoms with Gasteiger partial charge in [0.15, 0.2) is 11.5 Å². The van der Waals surface area contributed by atoms with Crippen LogP contribution >= 0.6 is 0 Å². The number of nitriles is 1. The lowest BCUT2D eigenvalue weighted by Crippen LogP contribution is -2.29. The van der Waals surface area contributed by atoms with E-state index in [1.807, 2.05) is 0 Å². The first-order valence-corrected chi connectivity index (χ1v) is 6.46. The topological polar surface area (TPSA) is 71.8 Å². The van der Waals surface area contributed by atoms with Crippen molar-refractivity contribution in [1.82, 2.24) is 4.90 Å². The summed E-state index contributed by atoms with van der Waals surface area (Å²) in [6.07, 6.45) is 0.320. The van der Waals surface area contributed by atoms with Gasteiger partial charge in [0.05, 0.1) is 18.5 Å².